The van der Waals surface area contributed by atoms with E-state index in [-0.39, 0.29) is 27.2 Å². The zero-order chi connectivity index (χ0) is 21.8. The van der Waals surface area contributed by atoms with E-state index in [0.717, 1.165) is 6.42 Å². The molecule has 166 valence electrons. The molecule has 0 N–H and O–H groups in total. The Kier molecular flexibility index (Phi) is 14.5. The van der Waals surface area contributed by atoms with E-state index < -0.39 is 8.60 Å². The molecule has 0 aliphatic heterocycles. The predicted molar refractivity (Wildman–Crippen MR) is 120 cm³/mol. The van der Waals surface area contributed by atoms with Crippen molar-refractivity contribution in [3.63, 3.8) is 0 Å². The summed E-state index contributed by atoms with van der Waals surface area (Å²) in [7, 11) is 0.0920. The van der Waals surface area contributed by atoms with Gasteiger partial charge in [-0.3, -0.25) is 9.59 Å². The van der Waals surface area contributed by atoms with Crippen LogP contribution in [0, 0.1) is 10.8 Å². The maximum absolute atomic E-state index is 12.0. The normalized spacial score (nSPS) is 13.8. The van der Waals surface area contributed by atoms with Gasteiger partial charge >= 0.3 is 8.60 Å². The molecule has 6 nitrogen and oxygen atoms in total. The molecule has 9 heteroatoms. The minimum Gasteiger partial charge on any atom is -0.379 e. The monoisotopic (exact) mass is 456 g/mol. The Morgan fingerprint density at radius 2 is 1.29 bits per heavy atom. The van der Waals surface area contributed by atoms with Crippen molar-refractivity contribution in [2.75, 3.05) is 38.4 Å². The van der Waals surface area contributed by atoms with E-state index in [2.05, 4.69) is 0 Å². The van der Waals surface area contributed by atoms with Crippen molar-refractivity contribution in [1.82, 2.24) is 0 Å². The molecule has 0 radical (unpaired) electrons. The number of ether oxygens (including phenoxy) is 1. The minimum absolute atomic E-state index is 0.0223. The molecule has 0 aromatic heterocycles. The highest BCUT2D eigenvalue weighted by Gasteiger charge is 2.23. The third-order valence-corrected chi connectivity index (χ3v) is 7.04. The lowest BCUT2D eigenvalue weighted by Crippen LogP contribution is -2.18. The van der Waals surface area contributed by atoms with Crippen LogP contribution in [0.3, 0.4) is 0 Å². The molecule has 0 aliphatic rings. The minimum atomic E-state index is -1.55. The van der Waals surface area contributed by atoms with E-state index in [1.807, 2.05) is 48.5 Å². The maximum atomic E-state index is 12.0. The highest BCUT2D eigenvalue weighted by Crippen LogP contribution is 2.40. The zero-order valence-electron chi connectivity index (χ0n) is 18.5. The Morgan fingerprint density at radius 3 is 1.61 bits per heavy atom. The second kappa shape index (κ2) is 14.3. The average molecular weight is 457 g/mol. The fourth-order valence-corrected chi connectivity index (χ4v) is 4.34. The van der Waals surface area contributed by atoms with Gasteiger partial charge in [-0.05, 0) is 6.42 Å². The third kappa shape index (κ3) is 13.5. The molecule has 0 rings (SSSR count). The predicted octanol–water partition coefficient (Wildman–Crippen LogP) is 5.30. The second-order valence-electron chi connectivity index (χ2n) is 8.22. The number of methoxy groups -OCH3 is 1. The van der Waals surface area contributed by atoms with E-state index in [0.29, 0.717) is 31.3 Å². The first-order chi connectivity index (χ1) is 12.9. The summed E-state index contributed by atoms with van der Waals surface area (Å²) in [4.78, 5) is 23.9. The Hall–Kier alpha value is 0.310. The van der Waals surface area contributed by atoms with Gasteiger partial charge in [0.1, 0.15) is 0 Å². The van der Waals surface area contributed by atoms with E-state index >= 15 is 0 Å². The van der Waals surface area contributed by atoms with Crippen LogP contribution in [-0.2, 0) is 27.9 Å². The molecule has 0 spiro atoms. The number of hydrogen-bond acceptors (Lipinski definition) is 8. The summed E-state index contributed by atoms with van der Waals surface area (Å²) in [6, 6.07) is 0. The van der Waals surface area contributed by atoms with Crippen LogP contribution in [-0.4, -0.2) is 54.8 Å². The van der Waals surface area contributed by atoms with Gasteiger partial charge in [-0.25, -0.2) is 0 Å². The summed E-state index contributed by atoms with van der Waals surface area (Å²) >= 11 is 2.51. The first-order valence-corrected chi connectivity index (χ1v) is 12.5. The van der Waals surface area contributed by atoms with Crippen LogP contribution < -0.4 is 0 Å². The molecule has 0 fully saturated rings. The van der Waals surface area contributed by atoms with Crippen molar-refractivity contribution < 1.29 is 27.9 Å². The van der Waals surface area contributed by atoms with Crippen LogP contribution in [0.1, 0.15) is 54.9 Å². The lowest BCUT2D eigenvalue weighted by molar-refractivity contribution is -0.118. The third-order valence-electron chi connectivity index (χ3n) is 3.41. The van der Waals surface area contributed by atoms with Crippen molar-refractivity contribution in [2.45, 2.75) is 61.0 Å². The fourth-order valence-electron chi connectivity index (χ4n) is 1.53. The highest BCUT2D eigenvalue weighted by molar-refractivity contribution is 8.14. The molecule has 0 bridgehead atoms. The Morgan fingerprint density at radius 1 is 0.857 bits per heavy atom. The molecule has 0 heterocycles. The SMILES string of the molecule is CCC(COP(OCCSC(=O)C(C)(C)C)OCCSC(=O)C(C)(C)C)OC. The largest absolute Gasteiger partial charge is 0.379 e. The quantitative estimate of drug-likeness (QED) is 0.273. The van der Waals surface area contributed by atoms with Gasteiger partial charge < -0.3 is 18.3 Å². The van der Waals surface area contributed by atoms with Gasteiger partial charge in [0, 0.05) is 29.4 Å². The van der Waals surface area contributed by atoms with Crippen molar-refractivity contribution in [3.8, 4) is 0 Å². The molecule has 1 unspecified atom stereocenters. The molecular formula is C19H37O6PS2. The summed E-state index contributed by atoms with van der Waals surface area (Å²) in [6.45, 7) is 14.5. The van der Waals surface area contributed by atoms with Crippen LogP contribution in [0.15, 0.2) is 0 Å². The fraction of sp³-hybridized carbons (Fsp3) is 0.895. The summed E-state index contributed by atoms with van der Waals surface area (Å²) in [5.74, 6) is 1.08. The van der Waals surface area contributed by atoms with Gasteiger partial charge in [0.05, 0.1) is 25.9 Å². The number of rotatable bonds is 13. The molecule has 1 atom stereocenters. The van der Waals surface area contributed by atoms with Crippen LogP contribution in [0.2, 0.25) is 0 Å². The first-order valence-electron chi connectivity index (χ1n) is 9.48. The van der Waals surface area contributed by atoms with Crippen LogP contribution in [0.4, 0.5) is 0 Å². The molecule has 0 amide bonds. The smallest absolute Gasteiger partial charge is 0.332 e. The zero-order valence-corrected chi connectivity index (χ0v) is 21.1. The molecule has 28 heavy (non-hydrogen) atoms. The van der Waals surface area contributed by atoms with E-state index in [9.17, 15) is 9.59 Å². The van der Waals surface area contributed by atoms with Gasteiger partial charge in [0.25, 0.3) is 0 Å². The molecule has 0 aromatic rings. The van der Waals surface area contributed by atoms with Gasteiger partial charge in [0.15, 0.2) is 10.2 Å². The summed E-state index contributed by atoms with van der Waals surface area (Å²) < 4.78 is 22.5. The Bertz CT molecular complexity index is 424. The Labute approximate surface area is 180 Å². The molecule has 0 aliphatic carbocycles. The molecule has 0 saturated heterocycles. The van der Waals surface area contributed by atoms with Crippen molar-refractivity contribution in [3.05, 3.63) is 0 Å². The average Bonchev–Trinajstić information content (AvgIpc) is 2.60. The van der Waals surface area contributed by atoms with Crippen molar-refractivity contribution in [1.29, 1.82) is 0 Å². The summed E-state index contributed by atoms with van der Waals surface area (Å²) in [5, 5.41) is 0.259. The Balaban J connectivity index is 4.38. The van der Waals surface area contributed by atoms with E-state index in [1.165, 1.54) is 23.5 Å². The van der Waals surface area contributed by atoms with Gasteiger partial charge in [-0.15, -0.1) is 0 Å². The lowest BCUT2D eigenvalue weighted by atomic mass is 9.99. The molecule has 0 aromatic carbocycles. The lowest BCUT2D eigenvalue weighted by Gasteiger charge is -2.20. The van der Waals surface area contributed by atoms with Crippen molar-refractivity contribution >= 4 is 42.4 Å². The highest BCUT2D eigenvalue weighted by atomic mass is 32.2. The van der Waals surface area contributed by atoms with E-state index in [1.54, 1.807) is 7.11 Å². The van der Waals surface area contributed by atoms with Crippen LogP contribution >= 0.6 is 32.1 Å². The molecule has 0 saturated carbocycles. The summed E-state index contributed by atoms with van der Waals surface area (Å²) in [6.07, 6.45) is 0.803. The molecular weight excluding hydrogens is 419 g/mol. The van der Waals surface area contributed by atoms with Crippen molar-refractivity contribution in [2.24, 2.45) is 10.8 Å². The first kappa shape index (κ1) is 28.3. The van der Waals surface area contributed by atoms with Gasteiger partial charge in [-0.1, -0.05) is 72.0 Å². The van der Waals surface area contributed by atoms with E-state index in [4.69, 9.17) is 18.3 Å². The topological polar surface area (TPSA) is 71.1 Å². The summed E-state index contributed by atoms with van der Waals surface area (Å²) in [5.41, 5.74) is -0.738. The number of hydrogen-bond donors (Lipinski definition) is 0. The van der Waals surface area contributed by atoms with Gasteiger partial charge in [0.2, 0.25) is 0 Å². The number of carbonyl (C=O) groups is 2. The number of thioether (sulfide) groups is 2. The maximum Gasteiger partial charge on any atom is 0.332 e. The van der Waals surface area contributed by atoms with Gasteiger partial charge in [-0.2, -0.15) is 0 Å². The standard InChI is InChI=1S/C19H37O6PS2/c1-9-15(22-8)14-25-26(23-10-12-27-16(20)18(2,3)4)24-11-13-28-17(21)19(5,6)7/h15H,9-14H2,1-8H3. The number of carbonyl (C=O) groups excluding carboxylic acids is 2. The van der Waals surface area contributed by atoms with Crippen LogP contribution in [0.5, 0.6) is 0 Å². The second-order valence-corrected chi connectivity index (χ2v) is 11.6. The van der Waals surface area contributed by atoms with Crippen LogP contribution in [0.25, 0.3) is 0 Å².